The summed E-state index contributed by atoms with van der Waals surface area (Å²) in [6, 6.07) is 6.94. The molecule has 0 saturated carbocycles. The number of piperidine rings is 1. The van der Waals surface area contributed by atoms with Crippen molar-refractivity contribution in [1.82, 2.24) is 19.8 Å². The van der Waals surface area contributed by atoms with E-state index in [0.717, 1.165) is 50.5 Å². The van der Waals surface area contributed by atoms with Crippen LogP contribution >= 0.6 is 0 Å². The van der Waals surface area contributed by atoms with E-state index in [9.17, 15) is 4.39 Å². The van der Waals surface area contributed by atoms with Gasteiger partial charge in [0.1, 0.15) is 11.6 Å². The second kappa shape index (κ2) is 7.03. The van der Waals surface area contributed by atoms with Crippen LogP contribution in [0.15, 0.2) is 30.5 Å². The zero-order valence-electron chi connectivity index (χ0n) is 14.0. The molecule has 0 amide bonds. The van der Waals surface area contributed by atoms with Crippen molar-refractivity contribution in [1.29, 1.82) is 0 Å². The molecule has 128 valence electrons. The van der Waals surface area contributed by atoms with Gasteiger partial charge in [-0.15, -0.1) is 0 Å². The SMILES string of the molecule is Fc1ccccc1-c1cn(CCN2CCC2)c(C2CCNCC2)n1. The van der Waals surface area contributed by atoms with E-state index in [2.05, 4.69) is 21.0 Å². The Morgan fingerprint density at radius 1 is 1.12 bits per heavy atom. The van der Waals surface area contributed by atoms with Crippen molar-refractivity contribution in [3.05, 3.63) is 42.1 Å². The number of nitrogens with zero attached hydrogens (tertiary/aromatic N) is 3. The van der Waals surface area contributed by atoms with Crippen LogP contribution in [-0.2, 0) is 6.54 Å². The Morgan fingerprint density at radius 2 is 1.92 bits per heavy atom. The molecule has 1 aromatic heterocycles. The van der Waals surface area contributed by atoms with E-state index < -0.39 is 0 Å². The second-order valence-corrected chi connectivity index (χ2v) is 6.88. The predicted molar refractivity (Wildman–Crippen MR) is 93.5 cm³/mol. The number of halogens is 1. The lowest BCUT2D eigenvalue weighted by Crippen LogP contribution is -2.39. The summed E-state index contributed by atoms with van der Waals surface area (Å²) < 4.78 is 16.4. The van der Waals surface area contributed by atoms with E-state index in [1.807, 2.05) is 12.1 Å². The van der Waals surface area contributed by atoms with Crippen LogP contribution in [0.5, 0.6) is 0 Å². The van der Waals surface area contributed by atoms with E-state index in [1.165, 1.54) is 25.6 Å². The molecule has 4 rings (SSSR count). The van der Waals surface area contributed by atoms with Gasteiger partial charge in [-0.1, -0.05) is 12.1 Å². The molecule has 0 unspecified atom stereocenters. The first-order valence-corrected chi connectivity index (χ1v) is 9.06. The Bertz CT molecular complexity index is 686. The van der Waals surface area contributed by atoms with Crippen LogP contribution in [0.3, 0.4) is 0 Å². The molecular weight excluding hydrogens is 303 g/mol. The number of likely N-dealkylation sites (tertiary alicyclic amines) is 1. The van der Waals surface area contributed by atoms with Gasteiger partial charge in [-0.05, 0) is 57.6 Å². The molecule has 1 N–H and O–H groups in total. The maximum Gasteiger partial charge on any atom is 0.132 e. The van der Waals surface area contributed by atoms with Crippen LogP contribution in [-0.4, -0.2) is 47.2 Å². The highest BCUT2D eigenvalue weighted by molar-refractivity contribution is 5.59. The summed E-state index contributed by atoms with van der Waals surface area (Å²) in [5.41, 5.74) is 1.38. The lowest BCUT2D eigenvalue weighted by atomic mass is 9.97. The molecule has 0 atom stereocenters. The normalized spacial score (nSPS) is 19.4. The molecule has 2 aromatic rings. The molecular formula is C19H25FN4. The van der Waals surface area contributed by atoms with Gasteiger partial charge in [-0.3, -0.25) is 0 Å². The Kier molecular flexibility index (Phi) is 4.63. The van der Waals surface area contributed by atoms with Crippen LogP contribution in [0, 0.1) is 5.82 Å². The van der Waals surface area contributed by atoms with Crippen molar-refractivity contribution >= 4 is 0 Å². The van der Waals surface area contributed by atoms with E-state index in [0.29, 0.717) is 11.5 Å². The highest BCUT2D eigenvalue weighted by Crippen LogP contribution is 2.29. The number of aromatic nitrogens is 2. The fourth-order valence-corrected chi connectivity index (χ4v) is 3.67. The summed E-state index contributed by atoms with van der Waals surface area (Å²) in [5, 5.41) is 3.41. The summed E-state index contributed by atoms with van der Waals surface area (Å²) in [7, 11) is 0. The molecule has 1 aromatic carbocycles. The van der Waals surface area contributed by atoms with Crippen molar-refractivity contribution < 1.29 is 4.39 Å². The van der Waals surface area contributed by atoms with Crippen molar-refractivity contribution in [2.24, 2.45) is 0 Å². The summed E-state index contributed by atoms with van der Waals surface area (Å²) >= 11 is 0. The number of rotatable bonds is 5. The van der Waals surface area contributed by atoms with Crippen molar-refractivity contribution in [2.45, 2.75) is 31.7 Å². The monoisotopic (exact) mass is 328 g/mol. The van der Waals surface area contributed by atoms with Gasteiger partial charge in [0, 0.05) is 30.8 Å². The summed E-state index contributed by atoms with van der Waals surface area (Å²) in [4.78, 5) is 7.33. The standard InChI is InChI=1S/C19H25FN4/c20-17-5-2-1-4-16(17)18-14-24(13-12-23-10-3-11-23)19(22-18)15-6-8-21-9-7-15/h1-2,4-5,14-15,21H,3,6-13H2. The molecule has 0 spiro atoms. The third-order valence-corrected chi connectivity index (χ3v) is 5.27. The molecule has 2 fully saturated rings. The Balaban J connectivity index is 1.62. The third kappa shape index (κ3) is 3.23. The van der Waals surface area contributed by atoms with Gasteiger partial charge in [-0.2, -0.15) is 0 Å². The van der Waals surface area contributed by atoms with Gasteiger partial charge in [0.2, 0.25) is 0 Å². The average Bonchev–Trinajstić information content (AvgIpc) is 2.99. The Morgan fingerprint density at radius 3 is 2.62 bits per heavy atom. The molecule has 24 heavy (non-hydrogen) atoms. The average molecular weight is 328 g/mol. The van der Waals surface area contributed by atoms with Crippen LogP contribution in [0.1, 0.15) is 31.0 Å². The van der Waals surface area contributed by atoms with Gasteiger partial charge in [0.15, 0.2) is 0 Å². The zero-order valence-corrected chi connectivity index (χ0v) is 14.0. The highest BCUT2D eigenvalue weighted by atomic mass is 19.1. The minimum atomic E-state index is -0.193. The minimum absolute atomic E-state index is 0.193. The first-order chi connectivity index (χ1) is 11.8. The molecule has 3 heterocycles. The first-order valence-electron chi connectivity index (χ1n) is 9.06. The first kappa shape index (κ1) is 15.8. The third-order valence-electron chi connectivity index (χ3n) is 5.27. The van der Waals surface area contributed by atoms with E-state index in [-0.39, 0.29) is 5.82 Å². The molecule has 2 aliphatic heterocycles. The molecule has 4 nitrogen and oxygen atoms in total. The summed E-state index contributed by atoms with van der Waals surface area (Å²) in [6.45, 7) is 6.50. The quantitative estimate of drug-likeness (QED) is 0.916. The fourth-order valence-electron chi connectivity index (χ4n) is 3.67. The van der Waals surface area contributed by atoms with Crippen molar-refractivity contribution in [3.8, 4) is 11.3 Å². The van der Waals surface area contributed by atoms with E-state index in [4.69, 9.17) is 4.98 Å². The lowest BCUT2D eigenvalue weighted by molar-refractivity contribution is 0.173. The number of nitrogens with one attached hydrogen (secondary N) is 1. The van der Waals surface area contributed by atoms with Crippen LogP contribution in [0.4, 0.5) is 4.39 Å². The maximum absolute atomic E-state index is 14.2. The Labute approximate surface area is 142 Å². The van der Waals surface area contributed by atoms with Crippen LogP contribution < -0.4 is 5.32 Å². The van der Waals surface area contributed by atoms with Crippen molar-refractivity contribution in [2.75, 3.05) is 32.7 Å². The van der Waals surface area contributed by atoms with Gasteiger partial charge in [0.25, 0.3) is 0 Å². The lowest BCUT2D eigenvalue weighted by Gasteiger charge is -2.31. The zero-order chi connectivity index (χ0) is 16.4. The van der Waals surface area contributed by atoms with Crippen molar-refractivity contribution in [3.63, 3.8) is 0 Å². The van der Waals surface area contributed by atoms with E-state index >= 15 is 0 Å². The number of hydrogen-bond donors (Lipinski definition) is 1. The topological polar surface area (TPSA) is 33.1 Å². The molecule has 0 bridgehead atoms. The highest BCUT2D eigenvalue weighted by Gasteiger charge is 2.23. The van der Waals surface area contributed by atoms with Gasteiger partial charge >= 0.3 is 0 Å². The van der Waals surface area contributed by atoms with Gasteiger partial charge in [-0.25, -0.2) is 9.37 Å². The molecule has 0 aliphatic carbocycles. The largest absolute Gasteiger partial charge is 0.333 e. The van der Waals surface area contributed by atoms with Gasteiger partial charge < -0.3 is 14.8 Å². The molecule has 5 heteroatoms. The van der Waals surface area contributed by atoms with Gasteiger partial charge in [0.05, 0.1) is 5.69 Å². The molecule has 2 saturated heterocycles. The van der Waals surface area contributed by atoms with Crippen LogP contribution in [0.25, 0.3) is 11.3 Å². The number of hydrogen-bond acceptors (Lipinski definition) is 3. The second-order valence-electron chi connectivity index (χ2n) is 6.88. The maximum atomic E-state index is 14.2. The minimum Gasteiger partial charge on any atom is -0.333 e. The van der Waals surface area contributed by atoms with E-state index in [1.54, 1.807) is 6.07 Å². The number of benzene rings is 1. The molecule has 0 radical (unpaired) electrons. The Hall–Kier alpha value is -1.72. The molecule has 2 aliphatic rings. The predicted octanol–water partition coefficient (Wildman–Crippen LogP) is 2.86. The van der Waals surface area contributed by atoms with Crippen LogP contribution in [0.2, 0.25) is 0 Å². The summed E-state index contributed by atoms with van der Waals surface area (Å²) in [5.74, 6) is 1.42. The fraction of sp³-hybridized carbons (Fsp3) is 0.526. The summed E-state index contributed by atoms with van der Waals surface area (Å²) in [6.07, 6.45) is 5.58. The number of imidazole rings is 1. The smallest absolute Gasteiger partial charge is 0.132 e.